The van der Waals surface area contributed by atoms with E-state index >= 15 is 0 Å². The zero-order chi connectivity index (χ0) is 15.1. The topological polar surface area (TPSA) is 77.5 Å². The van der Waals surface area contributed by atoms with Crippen molar-refractivity contribution in [1.82, 2.24) is 4.90 Å². The van der Waals surface area contributed by atoms with Crippen LogP contribution in [0.25, 0.3) is 0 Å². The molecule has 0 saturated heterocycles. The first-order valence-electron chi connectivity index (χ1n) is 6.01. The molecule has 0 spiro atoms. The van der Waals surface area contributed by atoms with Gasteiger partial charge in [0.05, 0.1) is 0 Å². The third-order valence-electron chi connectivity index (χ3n) is 2.75. The Balaban J connectivity index is 4.34. The Morgan fingerprint density at radius 2 is 1.63 bits per heavy atom. The molecule has 0 aliphatic rings. The van der Waals surface area contributed by atoms with Crippen molar-refractivity contribution in [3.63, 3.8) is 0 Å². The van der Waals surface area contributed by atoms with Crippen LogP contribution in [-0.2, 0) is 17.4 Å². The summed E-state index contributed by atoms with van der Waals surface area (Å²) in [6, 6.07) is 0.801. The molecule has 0 heterocycles. The molecule has 9 heteroatoms. The van der Waals surface area contributed by atoms with E-state index in [0.717, 1.165) is 12.5 Å². The second-order valence-corrected chi connectivity index (χ2v) is 11.8. The Morgan fingerprint density at radius 1 is 1.16 bits per heavy atom. The van der Waals surface area contributed by atoms with Crippen LogP contribution in [0.2, 0.25) is 19.1 Å². The number of hydrogen-bond donors (Lipinski definition) is 1. The van der Waals surface area contributed by atoms with Gasteiger partial charge in [0.2, 0.25) is 0 Å². The lowest BCUT2D eigenvalue weighted by Crippen LogP contribution is -2.54. The number of hydrogen-bond acceptors (Lipinski definition) is 5. The zero-order valence-electron chi connectivity index (χ0n) is 12.6. The third-order valence-corrected chi connectivity index (χ3v) is 9.02. The van der Waals surface area contributed by atoms with Crippen LogP contribution in [0.3, 0.4) is 0 Å². The normalized spacial score (nSPS) is 12.5. The molecule has 19 heavy (non-hydrogen) atoms. The van der Waals surface area contributed by atoms with Crippen molar-refractivity contribution in [3.05, 3.63) is 0 Å². The van der Waals surface area contributed by atoms with Gasteiger partial charge in [-0.3, -0.25) is 0 Å². The predicted octanol–water partition coefficient (Wildman–Crippen LogP) is 1.58. The van der Waals surface area contributed by atoms with Gasteiger partial charge in [0.25, 0.3) is 0 Å². The molecule has 0 aromatic rings. The lowest BCUT2D eigenvalue weighted by atomic mass is 10.4. The quantitative estimate of drug-likeness (QED) is 0.652. The van der Waals surface area contributed by atoms with E-state index in [1.165, 1.54) is 26.2 Å². The van der Waals surface area contributed by atoms with Gasteiger partial charge in [-0.15, -0.1) is 0 Å². The summed E-state index contributed by atoms with van der Waals surface area (Å²) in [5.41, 5.74) is 0. The van der Waals surface area contributed by atoms with E-state index in [0.29, 0.717) is 6.54 Å². The minimum absolute atomic E-state index is 0.483. The van der Waals surface area contributed by atoms with Gasteiger partial charge in [-0.25, -0.2) is 4.79 Å². The summed E-state index contributed by atoms with van der Waals surface area (Å²) in [6.07, 6.45) is -0.182. The predicted molar refractivity (Wildman–Crippen MR) is 75.4 cm³/mol. The van der Waals surface area contributed by atoms with Crippen LogP contribution in [0, 0.1) is 0 Å². The maximum absolute atomic E-state index is 10.7. The molecule has 0 atom stereocenters. The number of rotatable bonds is 9. The van der Waals surface area contributed by atoms with E-state index in [1.54, 1.807) is 7.05 Å². The monoisotopic (exact) mass is 311 g/mol. The van der Waals surface area contributed by atoms with Gasteiger partial charge in [0.1, 0.15) is 0 Å². The van der Waals surface area contributed by atoms with Crippen LogP contribution in [0.15, 0.2) is 0 Å². The van der Waals surface area contributed by atoms with Gasteiger partial charge < -0.3 is 27.4 Å². The molecule has 1 amide bonds. The van der Waals surface area contributed by atoms with E-state index in [4.69, 9.17) is 22.5 Å². The minimum atomic E-state index is -3.02. The standard InChI is InChI=1S/C10H25NO6Si2/c1-11(10(12)13)8-7-9-18(5,6)17-19(14-2,15-3)16-4/h7-9H2,1-6H3,(H,12,13). The van der Waals surface area contributed by atoms with Crippen molar-refractivity contribution >= 4 is 23.5 Å². The lowest BCUT2D eigenvalue weighted by molar-refractivity contribution is 0.0477. The van der Waals surface area contributed by atoms with Crippen molar-refractivity contribution in [1.29, 1.82) is 0 Å². The fraction of sp³-hybridized carbons (Fsp3) is 0.900. The van der Waals surface area contributed by atoms with Gasteiger partial charge in [-0.1, -0.05) is 0 Å². The summed E-state index contributed by atoms with van der Waals surface area (Å²) >= 11 is 0. The Bertz CT molecular complexity index is 277. The summed E-state index contributed by atoms with van der Waals surface area (Å²) in [5.74, 6) is 0. The third kappa shape index (κ3) is 6.50. The van der Waals surface area contributed by atoms with Gasteiger partial charge in [0, 0.05) is 34.9 Å². The molecule has 0 aliphatic heterocycles. The van der Waals surface area contributed by atoms with Crippen LogP contribution in [0.4, 0.5) is 4.79 Å². The Hall–Kier alpha value is -0.456. The van der Waals surface area contributed by atoms with Gasteiger partial charge in [-0.2, -0.15) is 0 Å². The fourth-order valence-electron chi connectivity index (χ4n) is 1.60. The van der Waals surface area contributed by atoms with Crippen LogP contribution in [-0.4, -0.2) is 68.4 Å². The highest BCUT2D eigenvalue weighted by molar-refractivity contribution is 6.78. The minimum Gasteiger partial charge on any atom is -0.465 e. The Kier molecular flexibility index (Phi) is 7.78. The number of amides is 1. The zero-order valence-corrected chi connectivity index (χ0v) is 14.6. The number of nitrogens with zero attached hydrogens (tertiary/aromatic N) is 1. The first-order valence-corrected chi connectivity index (χ1v) is 10.8. The molecule has 0 saturated carbocycles. The maximum atomic E-state index is 10.7. The number of carbonyl (C=O) groups is 1. The molecule has 0 fully saturated rings. The molecule has 7 nitrogen and oxygen atoms in total. The molecule has 0 aromatic heterocycles. The molecule has 0 unspecified atom stereocenters. The van der Waals surface area contributed by atoms with E-state index in [1.807, 2.05) is 13.1 Å². The molecular formula is C10H25NO6Si2. The molecular weight excluding hydrogens is 286 g/mol. The summed E-state index contributed by atoms with van der Waals surface area (Å²) in [4.78, 5) is 11.9. The molecule has 0 rings (SSSR count). The van der Waals surface area contributed by atoms with Crippen LogP contribution in [0.1, 0.15) is 6.42 Å². The van der Waals surface area contributed by atoms with Crippen molar-refractivity contribution in [3.8, 4) is 0 Å². The molecule has 114 valence electrons. The largest absolute Gasteiger partial charge is 0.668 e. The lowest BCUT2D eigenvalue weighted by Gasteiger charge is -2.32. The molecule has 0 aromatic carbocycles. The van der Waals surface area contributed by atoms with E-state index in [2.05, 4.69) is 0 Å². The average molecular weight is 311 g/mol. The second-order valence-electron chi connectivity index (χ2n) is 4.78. The van der Waals surface area contributed by atoms with Crippen LogP contribution < -0.4 is 0 Å². The second kappa shape index (κ2) is 7.97. The highest BCUT2D eigenvalue weighted by atomic mass is 28.5. The fourth-order valence-corrected chi connectivity index (χ4v) is 7.23. The van der Waals surface area contributed by atoms with Crippen LogP contribution in [0.5, 0.6) is 0 Å². The Labute approximate surface area is 117 Å². The summed E-state index contributed by atoms with van der Waals surface area (Å²) in [7, 11) is 1.00. The van der Waals surface area contributed by atoms with Gasteiger partial charge in [-0.05, 0) is 25.6 Å². The van der Waals surface area contributed by atoms with E-state index in [9.17, 15) is 4.79 Å². The first kappa shape index (κ1) is 18.5. The maximum Gasteiger partial charge on any atom is 0.668 e. The summed E-state index contributed by atoms with van der Waals surface area (Å²) in [6.45, 7) is 4.55. The van der Waals surface area contributed by atoms with Crippen LogP contribution >= 0.6 is 0 Å². The van der Waals surface area contributed by atoms with Gasteiger partial charge in [0.15, 0.2) is 8.32 Å². The molecule has 0 radical (unpaired) electrons. The average Bonchev–Trinajstić information content (AvgIpc) is 2.35. The summed E-state index contributed by atoms with van der Waals surface area (Å²) in [5, 5.41) is 8.76. The van der Waals surface area contributed by atoms with Crippen molar-refractivity contribution in [2.24, 2.45) is 0 Å². The van der Waals surface area contributed by atoms with Gasteiger partial charge >= 0.3 is 15.1 Å². The number of carboxylic acid groups (broad SMARTS) is 1. The first-order chi connectivity index (χ1) is 8.72. The summed E-state index contributed by atoms with van der Waals surface area (Å²) < 4.78 is 21.7. The van der Waals surface area contributed by atoms with E-state index in [-0.39, 0.29) is 0 Å². The molecule has 0 bridgehead atoms. The van der Waals surface area contributed by atoms with Crippen molar-refractivity contribution in [2.45, 2.75) is 25.6 Å². The smallest absolute Gasteiger partial charge is 0.465 e. The Morgan fingerprint density at radius 3 is 2.00 bits per heavy atom. The van der Waals surface area contributed by atoms with Crippen molar-refractivity contribution in [2.75, 3.05) is 34.9 Å². The molecule has 0 aliphatic carbocycles. The SMILES string of the molecule is CO[Si](OC)(OC)O[Si](C)(C)CCCN(C)C(=O)O. The highest BCUT2D eigenvalue weighted by Gasteiger charge is 2.47. The highest BCUT2D eigenvalue weighted by Crippen LogP contribution is 2.21. The van der Waals surface area contributed by atoms with Crippen molar-refractivity contribution < 1.29 is 27.3 Å². The molecule has 1 N–H and O–H groups in total. The van der Waals surface area contributed by atoms with E-state index < -0.39 is 23.5 Å².